The van der Waals surface area contributed by atoms with E-state index >= 15 is 0 Å². The van der Waals surface area contributed by atoms with E-state index in [2.05, 4.69) is 10.6 Å². The maximum atomic E-state index is 12.0. The van der Waals surface area contributed by atoms with Crippen LogP contribution < -0.4 is 10.6 Å². The molecule has 0 unspecified atom stereocenters. The van der Waals surface area contributed by atoms with Crippen LogP contribution in [0.4, 0.5) is 11.4 Å². The highest BCUT2D eigenvalue weighted by Crippen LogP contribution is 2.18. The third-order valence-electron chi connectivity index (χ3n) is 3.40. The summed E-state index contributed by atoms with van der Waals surface area (Å²) in [5, 5.41) is 5.67. The number of carbonyl (C=O) groups is 2. The lowest BCUT2D eigenvalue weighted by Crippen LogP contribution is -2.18. The molecule has 0 heterocycles. The number of nitrogens with one attached hydrogen (secondary N) is 2. The maximum absolute atomic E-state index is 12.0. The molecule has 4 nitrogen and oxygen atoms in total. The minimum atomic E-state index is -0.110. The van der Waals surface area contributed by atoms with Gasteiger partial charge in [-0.2, -0.15) is 0 Å². The molecule has 23 heavy (non-hydrogen) atoms. The molecule has 2 amide bonds. The van der Waals surface area contributed by atoms with E-state index in [9.17, 15) is 9.59 Å². The first kappa shape index (κ1) is 17.1. The normalized spacial score (nSPS) is 10.2. The van der Waals surface area contributed by atoms with Crippen LogP contribution in [0.2, 0.25) is 0 Å². The smallest absolute Gasteiger partial charge is 0.234 e. The number of carbonyl (C=O) groups excluding carboxylic acids is 2. The number of amides is 2. The molecule has 2 N–H and O–H groups in total. The number of hydrogen-bond donors (Lipinski definition) is 2. The van der Waals surface area contributed by atoms with Crippen LogP contribution in [-0.2, 0) is 9.59 Å². The van der Waals surface area contributed by atoms with Gasteiger partial charge in [0.2, 0.25) is 11.8 Å². The zero-order chi connectivity index (χ0) is 16.7. The number of benzene rings is 2. The molecule has 120 valence electrons. The number of para-hydroxylation sites is 1. The highest BCUT2D eigenvalue weighted by atomic mass is 32.2. The zero-order valence-electron chi connectivity index (χ0n) is 13.3. The van der Waals surface area contributed by atoms with Gasteiger partial charge in [0.05, 0.1) is 11.5 Å². The number of aryl methyl sites for hydroxylation is 1. The van der Waals surface area contributed by atoms with E-state index in [1.54, 1.807) is 0 Å². The molecule has 5 heteroatoms. The first-order chi connectivity index (χ1) is 11.1. The molecule has 0 saturated carbocycles. The Labute approximate surface area is 140 Å². The van der Waals surface area contributed by atoms with Gasteiger partial charge in [-0.3, -0.25) is 9.59 Å². The summed E-state index contributed by atoms with van der Waals surface area (Å²) in [6.07, 6.45) is 0. The molecular weight excluding hydrogens is 308 g/mol. The standard InChI is InChI=1S/C18H20N2O2S/c1-13-7-6-10-16(14(13)2)20-18(22)12-23-11-17(21)19-15-8-4-3-5-9-15/h3-10H,11-12H2,1-2H3,(H,19,21)(H,20,22). The van der Waals surface area contributed by atoms with Crippen molar-refractivity contribution in [3.63, 3.8) is 0 Å². The number of rotatable bonds is 6. The van der Waals surface area contributed by atoms with Crippen LogP contribution in [0.15, 0.2) is 48.5 Å². The van der Waals surface area contributed by atoms with Crippen molar-refractivity contribution in [2.75, 3.05) is 22.1 Å². The van der Waals surface area contributed by atoms with E-state index in [-0.39, 0.29) is 23.3 Å². The van der Waals surface area contributed by atoms with Crippen LogP contribution in [0.25, 0.3) is 0 Å². The van der Waals surface area contributed by atoms with Crippen LogP contribution >= 0.6 is 11.8 Å². The molecule has 0 bridgehead atoms. The fourth-order valence-electron chi connectivity index (χ4n) is 2.03. The second-order valence-electron chi connectivity index (χ2n) is 5.20. The maximum Gasteiger partial charge on any atom is 0.234 e. The van der Waals surface area contributed by atoms with Crippen molar-refractivity contribution in [1.82, 2.24) is 0 Å². The van der Waals surface area contributed by atoms with Gasteiger partial charge in [0.1, 0.15) is 0 Å². The number of hydrogen-bond acceptors (Lipinski definition) is 3. The minimum absolute atomic E-state index is 0.101. The van der Waals surface area contributed by atoms with Crippen molar-refractivity contribution >= 4 is 35.0 Å². The highest BCUT2D eigenvalue weighted by Gasteiger charge is 2.08. The molecule has 0 atom stereocenters. The summed E-state index contributed by atoms with van der Waals surface area (Å²) >= 11 is 1.29. The molecule has 0 aliphatic rings. The average molecular weight is 328 g/mol. The van der Waals surface area contributed by atoms with Gasteiger partial charge in [-0.15, -0.1) is 11.8 Å². The Hall–Kier alpha value is -2.27. The Morgan fingerprint density at radius 1 is 0.870 bits per heavy atom. The Morgan fingerprint density at radius 2 is 1.52 bits per heavy atom. The number of thioether (sulfide) groups is 1. The molecule has 0 aliphatic heterocycles. The second-order valence-corrected chi connectivity index (χ2v) is 6.19. The van der Waals surface area contributed by atoms with Gasteiger partial charge in [0.15, 0.2) is 0 Å². The summed E-state index contributed by atoms with van der Waals surface area (Å²) in [4.78, 5) is 23.7. The Kier molecular flexibility index (Phi) is 6.23. The second kappa shape index (κ2) is 8.39. The summed E-state index contributed by atoms with van der Waals surface area (Å²) < 4.78 is 0. The minimum Gasteiger partial charge on any atom is -0.325 e. The van der Waals surface area contributed by atoms with Crippen molar-refractivity contribution in [3.8, 4) is 0 Å². The molecular formula is C18H20N2O2S. The van der Waals surface area contributed by atoms with Crippen LogP contribution in [-0.4, -0.2) is 23.3 Å². The van der Waals surface area contributed by atoms with Crippen LogP contribution in [0.5, 0.6) is 0 Å². The van der Waals surface area contributed by atoms with E-state index in [0.29, 0.717) is 0 Å². The molecule has 2 aromatic rings. The van der Waals surface area contributed by atoms with Crippen LogP contribution in [0, 0.1) is 13.8 Å². The van der Waals surface area contributed by atoms with Gasteiger partial charge in [-0.1, -0.05) is 30.3 Å². The lowest BCUT2D eigenvalue weighted by atomic mass is 10.1. The molecule has 0 radical (unpaired) electrons. The van der Waals surface area contributed by atoms with Crippen molar-refractivity contribution < 1.29 is 9.59 Å². The molecule has 2 aromatic carbocycles. The fraction of sp³-hybridized carbons (Fsp3) is 0.222. The first-order valence-electron chi connectivity index (χ1n) is 7.35. The van der Waals surface area contributed by atoms with Gasteiger partial charge >= 0.3 is 0 Å². The third-order valence-corrected chi connectivity index (χ3v) is 4.34. The summed E-state index contributed by atoms with van der Waals surface area (Å²) in [6.45, 7) is 3.99. The highest BCUT2D eigenvalue weighted by molar-refractivity contribution is 8.00. The van der Waals surface area contributed by atoms with Crippen LogP contribution in [0.3, 0.4) is 0 Å². The average Bonchev–Trinajstić information content (AvgIpc) is 2.53. The Balaban J connectivity index is 1.74. The molecule has 0 spiro atoms. The summed E-state index contributed by atoms with van der Waals surface area (Å²) in [6, 6.07) is 15.1. The monoisotopic (exact) mass is 328 g/mol. The Bertz CT molecular complexity index is 687. The van der Waals surface area contributed by atoms with Crippen molar-refractivity contribution in [2.24, 2.45) is 0 Å². The van der Waals surface area contributed by atoms with E-state index in [0.717, 1.165) is 22.5 Å². The van der Waals surface area contributed by atoms with Gasteiger partial charge in [0.25, 0.3) is 0 Å². The van der Waals surface area contributed by atoms with Gasteiger partial charge in [-0.25, -0.2) is 0 Å². The largest absolute Gasteiger partial charge is 0.325 e. The van der Waals surface area contributed by atoms with Crippen molar-refractivity contribution in [3.05, 3.63) is 59.7 Å². The summed E-state index contributed by atoms with van der Waals surface area (Å²) in [7, 11) is 0. The fourth-order valence-corrected chi connectivity index (χ4v) is 2.64. The Morgan fingerprint density at radius 3 is 2.22 bits per heavy atom. The quantitative estimate of drug-likeness (QED) is 0.851. The van der Waals surface area contributed by atoms with E-state index in [1.165, 1.54) is 11.8 Å². The van der Waals surface area contributed by atoms with E-state index < -0.39 is 0 Å². The van der Waals surface area contributed by atoms with Gasteiger partial charge in [0, 0.05) is 11.4 Å². The predicted molar refractivity (Wildman–Crippen MR) is 96.9 cm³/mol. The number of anilines is 2. The SMILES string of the molecule is Cc1cccc(NC(=O)CSCC(=O)Nc2ccccc2)c1C. The lowest BCUT2D eigenvalue weighted by molar-refractivity contribution is -0.114. The summed E-state index contributed by atoms with van der Waals surface area (Å²) in [5.41, 5.74) is 3.78. The molecule has 0 fully saturated rings. The molecule has 2 rings (SSSR count). The topological polar surface area (TPSA) is 58.2 Å². The third kappa shape index (κ3) is 5.45. The van der Waals surface area contributed by atoms with Gasteiger partial charge < -0.3 is 10.6 Å². The first-order valence-corrected chi connectivity index (χ1v) is 8.50. The zero-order valence-corrected chi connectivity index (χ0v) is 14.1. The lowest BCUT2D eigenvalue weighted by Gasteiger charge is -2.10. The molecule has 0 aromatic heterocycles. The predicted octanol–water partition coefficient (Wildman–Crippen LogP) is 3.61. The van der Waals surface area contributed by atoms with E-state index in [1.807, 2.05) is 62.4 Å². The molecule has 0 saturated heterocycles. The molecule has 0 aliphatic carbocycles. The van der Waals surface area contributed by atoms with E-state index in [4.69, 9.17) is 0 Å². The summed E-state index contributed by atoms with van der Waals surface area (Å²) in [5.74, 6) is 0.280. The van der Waals surface area contributed by atoms with Gasteiger partial charge in [-0.05, 0) is 43.2 Å². The van der Waals surface area contributed by atoms with Crippen LogP contribution in [0.1, 0.15) is 11.1 Å². The van der Waals surface area contributed by atoms with Crippen molar-refractivity contribution in [2.45, 2.75) is 13.8 Å². The van der Waals surface area contributed by atoms with Crippen molar-refractivity contribution in [1.29, 1.82) is 0 Å².